The van der Waals surface area contributed by atoms with Crippen LogP contribution in [0.15, 0.2) is 42.5 Å². The van der Waals surface area contributed by atoms with E-state index in [1.165, 1.54) is 19.3 Å². The van der Waals surface area contributed by atoms with Crippen LogP contribution in [0.5, 0.6) is 0 Å². The van der Waals surface area contributed by atoms with E-state index in [2.05, 4.69) is 0 Å². The first-order chi connectivity index (χ1) is 9.87. The summed E-state index contributed by atoms with van der Waals surface area (Å²) in [6.07, 6.45) is 0. The highest BCUT2D eigenvalue weighted by Crippen LogP contribution is 2.29. The second-order valence-corrected chi connectivity index (χ2v) is 5.84. The molecule has 7 heteroatoms. The van der Waals surface area contributed by atoms with Gasteiger partial charge in [0.15, 0.2) is 0 Å². The summed E-state index contributed by atoms with van der Waals surface area (Å²) in [6.45, 7) is 2.81. The number of hydrogen-bond acceptors (Lipinski definition) is 4. The standard InChI is InChI=1S/C14H16N2O4S/c1-14(2,13(17)15-18)16(21(19)20)12-8-7-10-5-3-4-6-11(10)9-12/h3-9,18H,1-2H3,(H,15,17)(H,19,20)/p-1. The summed E-state index contributed by atoms with van der Waals surface area (Å²) in [6, 6.07) is 12.6. The number of fused-ring (bicyclic) bond motifs is 1. The first kappa shape index (κ1) is 15.4. The fourth-order valence-electron chi connectivity index (χ4n) is 2.13. The fourth-order valence-corrected chi connectivity index (χ4v) is 2.87. The Labute approximate surface area is 124 Å². The molecule has 0 saturated heterocycles. The molecule has 0 aliphatic rings. The van der Waals surface area contributed by atoms with E-state index in [0.29, 0.717) is 5.69 Å². The lowest BCUT2D eigenvalue weighted by atomic mass is 10.0. The van der Waals surface area contributed by atoms with E-state index in [-0.39, 0.29) is 0 Å². The minimum absolute atomic E-state index is 0.343. The number of amides is 1. The Kier molecular flexibility index (Phi) is 4.26. The number of hydroxylamine groups is 1. The minimum Gasteiger partial charge on any atom is -0.755 e. The number of hydrogen-bond donors (Lipinski definition) is 2. The lowest BCUT2D eigenvalue weighted by Crippen LogP contribution is -2.55. The van der Waals surface area contributed by atoms with Gasteiger partial charge in [-0.05, 0) is 36.8 Å². The molecule has 1 unspecified atom stereocenters. The Balaban J connectivity index is 2.55. The van der Waals surface area contributed by atoms with Gasteiger partial charge in [0.2, 0.25) is 0 Å². The third-order valence-corrected chi connectivity index (χ3v) is 4.25. The van der Waals surface area contributed by atoms with Crippen LogP contribution in [0.25, 0.3) is 10.8 Å². The molecule has 2 rings (SSSR count). The number of anilines is 1. The van der Waals surface area contributed by atoms with E-state index in [1.54, 1.807) is 18.2 Å². The van der Waals surface area contributed by atoms with Gasteiger partial charge in [0.1, 0.15) is 5.54 Å². The van der Waals surface area contributed by atoms with E-state index in [0.717, 1.165) is 15.1 Å². The Morgan fingerprint density at radius 1 is 1.24 bits per heavy atom. The molecule has 21 heavy (non-hydrogen) atoms. The van der Waals surface area contributed by atoms with Crippen molar-refractivity contribution in [2.45, 2.75) is 19.4 Å². The lowest BCUT2D eigenvalue weighted by Gasteiger charge is -2.39. The van der Waals surface area contributed by atoms with Crippen LogP contribution in [0.3, 0.4) is 0 Å². The zero-order valence-electron chi connectivity index (χ0n) is 11.6. The number of carbonyl (C=O) groups excluding carboxylic acids is 1. The molecule has 2 N–H and O–H groups in total. The maximum absolute atomic E-state index is 11.7. The molecular weight excluding hydrogens is 292 g/mol. The van der Waals surface area contributed by atoms with Gasteiger partial charge in [0, 0.05) is 11.3 Å². The molecule has 1 amide bonds. The number of nitrogens with one attached hydrogen (secondary N) is 1. The van der Waals surface area contributed by atoms with E-state index >= 15 is 0 Å². The van der Waals surface area contributed by atoms with E-state index in [1.807, 2.05) is 24.3 Å². The third kappa shape index (κ3) is 2.90. The highest BCUT2D eigenvalue weighted by Gasteiger charge is 2.36. The average molecular weight is 307 g/mol. The zero-order valence-corrected chi connectivity index (χ0v) is 12.4. The molecule has 2 aromatic carbocycles. The second-order valence-electron chi connectivity index (χ2n) is 5.04. The van der Waals surface area contributed by atoms with Crippen LogP contribution in [0.4, 0.5) is 5.69 Å². The molecule has 0 spiro atoms. The van der Waals surface area contributed by atoms with Crippen molar-refractivity contribution in [3.8, 4) is 0 Å². The summed E-state index contributed by atoms with van der Waals surface area (Å²) < 4.78 is 24.1. The van der Waals surface area contributed by atoms with Crippen LogP contribution in [0.2, 0.25) is 0 Å². The van der Waals surface area contributed by atoms with E-state index in [4.69, 9.17) is 5.21 Å². The zero-order chi connectivity index (χ0) is 15.6. The SMILES string of the molecule is CC(C)(C(=O)NO)N(c1ccc2ccccc2c1)S(=O)[O-]. The predicted octanol–water partition coefficient (Wildman–Crippen LogP) is 1.72. The van der Waals surface area contributed by atoms with Crippen molar-refractivity contribution in [1.29, 1.82) is 0 Å². The molecule has 0 aliphatic heterocycles. The molecule has 1 atom stereocenters. The lowest BCUT2D eigenvalue weighted by molar-refractivity contribution is -0.133. The fraction of sp³-hybridized carbons (Fsp3) is 0.214. The summed E-state index contributed by atoms with van der Waals surface area (Å²) in [5.41, 5.74) is 0.368. The largest absolute Gasteiger partial charge is 0.755 e. The maximum atomic E-state index is 11.7. The molecule has 0 aromatic heterocycles. The molecule has 6 nitrogen and oxygen atoms in total. The molecule has 0 saturated carbocycles. The monoisotopic (exact) mass is 307 g/mol. The number of carbonyl (C=O) groups is 1. The van der Waals surface area contributed by atoms with Gasteiger partial charge in [-0.15, -0.1) is 0 Å². The number of nitrogens with zero attached hydrogens (tertiary/aromatic N) is 1. The summed E-state index contributed by atoms with van der Waals surface area (Å²) in [5, 5.41) is 10.6. The van der Waals surface area contributed by atoms with Gasteiger partial charge in [-0.25, -0.2) is 5.48 Å². The Hall–Kier alpha value is -1.96. The maximum Gasteiger partial charge on any atom is 0.269 e. The second kappa shape index (κ2) is 5.80. The van der Waals surface area contributed by atoms with Gasteiger partial charge < -0.3 is 4.55 Å². The first-order valence-corrected chi connectivity index (χ1v) is 7.24. The molecule has 0 heterocycles. The molecular formula is C14H15N2O4S-. The van der Waals surface area contributed by atoms with Crippen molar-refractivity contribution < 1.29 is 18.8 Å². The van der Waals surface area contributed by atoms with Crippen LogP contribution in [0.1, 0.15) is 13.8 Å². The van der Waals surface area contributed by atoms with Gasteiger partial charge >= 0.3 is 0 Å². The minimum atomic E-state index is -2.68. The molecule has 0 bridgehead atoms. The summed E-state index contributed by atoms with van der Waals surface area (Å²) in [5.74, 6) is -0.820. The first-order valence-electron chi connectivity index (χ1n) is 6.21. The van der Waals surface area contributed by atoms with Crippen LogP contribution in [0, 0.1) is 0 Å². The summed E-state index contributed by atoms with van der Waals surface area (Å²) in [7, 11) is 0. The van der Waals surface area contributed by atoms with Crippen molar-refractivity contribution in [3.05, 3.63) is 42.5 Å². The van der Waals surface area contributed by atoms with Gasteiger partial charge in [0.05, 0.1) is 5.69 Å². The van der Waals surface area contributed by atoms with Crippen molar-refractivity contribution >= 4 is 33.6 Å². The Morgan fingerprint density at radius 2 is 1.86 bits per heavy atom. The van der Waals surface area contributed by atoms with Crippen molar-refractivity contribution in [2.75, 3.05) is 4.31 Å². The number of benzene rings is 2. The van der Waals surface area contributed by atoms with Crippen LogP contribution in [-0.4, -0.2) is 25.4 Å². The van der Waals surface area contributed by atoms with Crippen molar-refractivity contribution in [2.24, 2.45) is 0 Å². The Bertz CT molecular complexity index is 702. The van der Waals surface area contributed by atoms with Crippen LogP contribution < -0.4 is 9.79 Å². The van der Waals surface area contributed by atoms with Gasteiger partial charge in [-0.2, -0.15) is 0 Å². The Morgan fingerprint density at radius 3 is 2.43 bits per heavy atom. The van der Waals surface area contributed by atoms with Gasteiger partial charge in [0.25, 0.3) is 5.91 Å². The average Bonchev–Trinajstić information content (AvgIpc) is 2.45. The summed E-state index contributed by atoms with van der Waals surface area (Å²) >= 11 is -2.68. The van der Waals surface area contributed by atoms with Crippen molar-refractivity contribution in [3.63, 3.8) is 0 Å². The number of rotatable bonds is 4. The van der Waals surface area contributed by atoms with Crippen molar-refractivity contribution in [1.82, 2.24) is 5.48 Å². The quantitative estimate of drug-likeness (QED) is 0.511. The molecule has 0 radical (unpaired) electrons. The van der Waals surface area contributed by atoms with Crippen LogP contribution >= 0.6 is 0 Å². The molecule has 0 fully saturated rings. The smallest absolute Gasteiger partial charge is 0.269 e. The topological polar surface area (TPSA) is 92.7 Å². The highest BCUT2D eigenvalue weighted by molar-refractivity contribution is 7.80. The highest BCUT2D eigenvalue weighted by atomic mass is 32.2. The summed E-state index contributed by atoms with van der Waals surface area (Å²) in [4.78, 5) is 11.7. The van der Waals surface area contributed by atoms with Gasteiger partial charge in [-0.1, -0.05) is 30.3 Å². The molecule has 0 aliphatic carbocycles. The normalized spacial score (nSPS) is 13.0. The van der Waals surface area contributed by atoms with E-state index in [9.17, 15) is 13.6 Å². The third-order valence-electron chi connectivity index (χ3n) is 3.28. The molecule has 112 valence electrons. The van der Waals surface area contributed by atoms with Gasteiger partial charge in [-0.3, -0.25) is 18.5 Å². The molecule has 2 aromatic rings. The van der Waals surface area contributed by atoms with Crippen LogP contribution in [-0.2, 0) is 16.1 Å². The van der Waals surface area contributed by atoms with E-state index < -0.39 is 22.7 Å². The predicted molar refractivity (Wildman–Crippen MR) is 79.4 cm³/mol.